The van der Waals surface area contributed by atoms with E-state index in [1.54, 1.807) is 11.9 Å². The van der Waals surface area contributed by atoms with Crippen molar-refractivity contribution in [3.8, 4) is 0 Å². The second-order valence-electron chi connectivity index (χ2n) is 6.23. The highest BCUT2D eigenvalue weighted by molar-refractivity contribution is 6.04. The molecule has 7 heteroatoms. The SMILES string of the molecule is CN(C(=O)c1cc(F)cc2[nH]cnc12)C1CCN2CCOC1C2. The fraction of sp³-hybridized carbons (Fsp3) is 0.500. The van der Waals surface area contributed by atoms with Gasteiger partial charge in [0, 0.05) is 26.7 Å². The maximum Gasteiger partial charge on any atom is 0.256 e. The predicted molar refractivity (Wildman–Crippen MR) is 82.7 cm³/mol. The zero-order valence-corrected chi connectivity index (χ0v) is 13.0. The summed E-state index contributed by atoms with van der Waals surface area (Å²) in [5.74, 6) is -0.656. The van der Waals surface area contributed by atoms with Crippen LogP contribution in [-0.2, 0) is 4.74 Å². The van der Waals surface area contributed by atoms with Crippen LogP contribution in [0.25, 0.3) is 11.0 Å². The molecule has 1 aromatic heterocycles. The molecule has 2 fully saturated rings. The summed E-state index contributed by atoms with van der Waals surface area (Å²) in [5.41, 5.74) is 1.33. The zero-order chi connectivity index (χ0) is 16.0. The van der Waals surface area contributed by atoms with Crippen LogP contribution >= 0.6 is 0 Å². The number of carbonyl (C=O) groups excluding carboxylic acids is 1. The van der Waals surface area contributed by atoms with Crippen molar-refractivity contribution in [1.82, 2.24) is 19.8 Å². The van der Waals surface area contributed by atoms with Crippen molar-refractivity contribution in [1.29, 1.82) is 0 Å². The van der Waals surface area contributed by atoms with Crippen LogP contribution in [0.5, 0.6) is 0 Å². The number of nitrogens with one attached hydrogen (secondary N) is 1. The molecule has 0 spiro atoms. The third-order valence-electron chi connectivity index (χ3n) is 4.88. The van der Waals surface area contributed by atoms with Gasteiger partial charge < -0.3 is 14.6 Å². The van der Waals surface area contributed by atoms with Crippen molar-refractivity contribution in [2.75, 3.05) is 33.3 Å². The third kappa shape index (κ3) is 2.49. The first-order valence-corrected chi connectivity index (χ1v) is 7.87. The molecular formula is C16H19FN4O2. The molecule has 0 aliphatic carbocycles. The monoisotopic (exact) mass is 318 g/mol. The Morgan fingerprint density at radius 1 is 1.48 bits per heavy atom. The quantitative estimate of drug-likeness (QED) is 0.905. The highest BCUT2D eigenvalue weighted by atomic mass is 19.1. The lowest BCUT2D eigenvalue weighted by Gasteiger charge is -2.45. The molecule has 2 bridgehead atoms. The number of amides is 1. The molecule has 2 aliphatic heterocycles. The average Bonchev–Trinajstić information content (AvgIpc) is 3.01. The number of piperidine rings is 1. The van der Waals surface area contributed by atoms with Crippen LogP contribution in [0.3, 0.4) is 0 Å². The van der Waals surface area contributed by atoms with E-state index in [1.807, 2.05) is 0 Å². The number of benzene rings is 1. The van der Waals surface area contributed by atoms with E-state index in [2.05, 4.69) is 14.9 Å². The van der Waals surface area contributed by atoms with Crippen molar-refractivity contribution < 1.29 is 13.9 Å². The van der Waals surface area contributed by atoms with E-state index in [-0.39, 0.29) is 18.1 Å². The van der Waals surface area contributed by atoms with E-state index < -0.39 is 5.82 Å². The standard InChI is InChI=1S/C16H19FN4O2/c1-20(13-2-3-21-4-5-23-14(13)8-21)16(22)11-6-10(17)7-12-15(11)19-9-18-12/h6-7,9,13-14H,2-5,8H2,1H3,(H,18,19). The van der Waals surface area contributed by atoms with Crippen LogP contribution in [-0.4, -0.2) is 71.1 Å². The van der Waals surface area contributed by atoms with Crippen molar-refractivity contribution >= 4 is 16.9 Å². The fourth-order valence-electron chi connectivity index (χ4n) is 3.63. The van der Waals surface area contributed by atoms with Crippen LogP contribution < -0.4 is 0 Å². The van der Waals surface area contributed by atoms with Crippen LogP contribution in [0.4, 0.5) is 4.39 Å². The molecule has 0 radical (unpaired) electrons. The minimum atomic E-state index is -0.442. The first kappa shape index (κ1) is 14.6. The molecule has 23 heavy (non-hydrogen) atoms. The number of rotatable bonds is 2. The number of hydrogen-bond acceptors (Lipinski definition) is 4. The maximum atomic E-state index is 13.8. The normalized spacial score (nSPS) is 27.1. The minimum absolute atomic E-state index is 0.0105. The van der Waals surface area contributed by atoms with Crippen molar-refractivity contribution in [3.63, 3.8) is 0 Å². The molecular weight excluding hydrogens is 299 g/mol. The fourth-order valence-corrected chi connectivity index (χ4v) is 3.63. The molecule has 1 aromatic carbocycles. The Labute approximate surface area is 133 Å². The zero-order valence-electron chi connectivity index (χ0n) is 13.0. The molecule has 3 heterocycles. The summed E-state index contributed by atoms with van der Waals surface area (Å²) in [7, 11) is 1.77. The molecule has 2 saturated heterocycles. The number of carbonyl (C=O) groups is 1. The maximum absolute atomic E-state index is 13.8. The van der Waals surface area contributed by atoms with Gasteiger partial charge in [0.15, 0.2) is 0 Å². The van der Waals surface area contributed by atoms with Crippen molar-refractivity contribution in [2.45, 2.75) is 18.6 Å². The average molecular weight is 318 g/mol. The Kier molecular flexibility index (Phi) is 3.54. The second-order valence-corrected chi connectivity index (χ2v) is 6.23. The van der Waals surface area contributed by atoms with Gasteiger partial charge in [-0.05, 0) is 18.6 Å². The van der Waals surface area contributed by atoms with E-state index in [0.29, 0.717) is 23.2 Å². The van der Waals surface area contributed by atoms with Gasteiger partial charge in [-0.15, -0.1) is 0 Å². The van der Waals surface area contributed by atoms with E-state index in [9.17, 15) is 9.18 Å². The lowest BCUT2D eigenvalue weighted by molar-refractivity contribution is -0.0899. The molecule has 6 nitrogen and oxygen atoms in total. The number of fused-ring (bicyclic) bond motifs is 3. The summed E-state index contributed by atoms with van der Waals surface area (Å²) in [6.45, 7) is 3.47. The van der Waals surface area contributed by atoms with Gasteiger partial charge in [0.1, 0.15) is 11.3 Å². The number of ether oxygens (including phenoxy) is 1. The summed E-state index contributed by atoms with van der Waals surface area (Å²) >= 11 is 0. The molecule has 1 N–H and O–H groups in total. The van der Waals surface area contributed by atoms with Crippen molar-refractivity contribution in [2.24, 2.45) is 0 Å². The number of halogens is 1. The van der Waals surface area contributed by atoms with E-state index in [4.69, 9.17) is 4.74 Å². The Balaban J connectivity index is 1.63. The van der Waals surface area contributed by atoms with Crippen LogP contribution in [0.15, 0.2) is 18.5 Å². The Bertz CT molecular complexity index is 747. The summed E-state index contributed by atoms with van der Waals surface area (Å²) in [5, 5.41) is 0. The van der Waals surface area contributed by atoms with Crippen LogP contribution in [0, 0.1) is 5.82 Å². The van der Waals surface area contributed by atoms with Gasteiger partial charge in [-0.2, -0.15) is 0 Å². The Morgan fingerprint density at radius 2 is 2.35 bits per heavy atom. The topological polar surface area (TPSA) is 61.5 Å². The van der Waals surface area contributed by atoms with Gasteiger partial charge in [-0.25, -0.2) is 9.37 Å². The van der Waals surface area contributed by atoms with Gasteiger partial charge in [0.05, 0.1) is 36.2 Å². The summed E-state index contributed by atoms with van der Waals surface area (Å²) in [6, 6.07) is 2.62. The van der Waals surface area contributed by atoms with Crippen molar-refractivity contribution in [3.05, 3.63) is 29.8 Å². The summed E-state index contributed by atoms with van der Waals surface area (Å²) < 4.78 is 19.6. The molecule has 1 amide bonds. The predicted octanol–water partition coefficient (Wildman–Crippen LogP) is 1.25. The first-order chi connectivity index (χ1) is 11.1. The molecule has 4 rings (SSSR count). The van der Waals surface area contributed by atoms with Crippen LogP contribution in [0.1, 0.15) is 16.8 Å². The molecule has 2 aliphatic rings. The number of morpholine rings is 1. The number of imidazole rings is 1. The highest BCUT2D eigenvalue weighted by Gasteiger charge is 2.37. The first-order valence-electron chi connectivity index (χ1n) is 7.87. The second kappa shape index (κ2) is 5.58. The highest BCUT2D eigenvalue weighted by Crippen LogP contribution is 2.25. The van der Waals surface area contributed by atoms with E-state index >= 15 is 0 Å². The van der Waals surface area contributed by atoms with Gasteiger partial charge in [0.25, 0.3) is 5.91 Å². The molecule has 122 valence electrons. The smallest absolute Gasteiger partial charge is 0.256 e. The van der Waals surface area contributed by atoms with Gasteiger partial charge in [-0.3, -0.25) is 9.69 Å². The number of hydrogen-bond donors (Lipinski definition) is 1. The Morgan fingerprint density at radius 3 is 3.22 bits per heavy atom. The Hall–Kier alpha value is -1.99. The van der Waals surface area contributed by atoms with Gasteiger partial charge in [0.2, 0.25) is 0 Å². The minimum Gasteiger partial charge on any atom is -0.373 e. The van der Waals surface area contributed by atoms with E-state index in [0.717, 1.165) is 26.1 Å². The largest absolute Gasteiger partial charge is 0.373 e. The molecule has 0 saturated carbocycles. The lowest BCUT2D eigenvalue weighted by atomic mass is 9.98. The summed E-state index contributed by atoms with van der Waals surface area (Å²) in [6.07, 6.45) is 2.37. The number of nitrogens with zero attached hydrogens (tertiary/aromatic N) is 3. The van der Waals surface area contributed by atoms with Gasteiger partial charge >= 0.3 is 0 Å². The van der Waals surface area contributed by atoms with Gasteiger partial charge in [-0.1, -0.05) is 0 Å². The van der Waals surface area contributed by atoms with E-state index in [1.165, 1.54) is 18.5 Å². The molecule has 2 aromatic rings. The third-order valence-corrected chi connectivity index (χ3v) is 4.88. The molecule has 3 atom stereocenters. The number of likely N-dealkylation sites (N-methyl/N-ethyl adjacent to an activating group) is 1. The summed E-state index contributed by atoms with van der Waals surface area (Å²) in [4.78, 5) is 24.0. The number of aromatic nitrogens is 2. The number of aromatic amines is 1. The molecule has 3 unspecified atom stereocenters. The number of H-pyrrole nitrogens is 1. The van der Waals surface area contributed by atoms with Crippen LogP contribution in [0.2, 0.25) is 0 Å². The lowest BCUT2D eigenvalue weighted by Crippen LogP contribution is -2.59.